The average molecular weight is 400 g/mol. The van der Waals surface area contributed by atoms with Crippen molar-refractivity contribution < 1.29 is 4.79 Å². The standard InChI is InChI=1S/C21H22ClN3OS/c1-14-20(15(2)25(23-14)18-7-5-16(22)6-8-18)12-21(26)24(17-9-10-17)13-19-4-3-11-27-19/h3-8,11,17H,9-10,12-13H2,1-2H3. The van der Waals surface area contributed by atoms with Gasteiger partial charge in [0.2, 0.25) is 5.91 Å². The van der Waals surface area contributed by atoms with Crippen LogP contribution in [0, 0.1) is 13.8 Å². The van der Waals surface area contributed by atoms with E-state index in [0.717, 1.165) is 35.5 Å². The van der Waals surface area contributed by atoms with Crippen LogP contribution in [0.4, 0.5) is 0 Å². The van der Waals surface area contributed by atoms with Crippen LogP contribution in [0.1, 0.15) is 34.7 Å². The molecule has 1 aromatic carbocycles. The predicted octanol–water partition coefficient (Wildman–Crippen LogP) is 4.94. The number of hydrogen-bond acceptors (Lipinski definition) is 3. The van der Waals surface area contributed by atoms with Gasteiger partial charge in [0.1, 0.15) is 0 Å². The fourth-order valence-electron chi connectivity index (χ4n) is 3.39. The van der Waals surface area contributed by atoms with E-state index in [-0.39, 0.29) is 5.91 Å². The molecule has 0 aliphatic heterocycles. The van der Waals surface area contributed by atoms with Crippen LogP contribution in [0.3, 0.4) is 0 Å². The van der Waals surface area contributed by atoms with Gasteiger partial charge in [-0.15, -0.1) is 11.3 Å². The lowest BCUT2D eigenvalue weighted by Crippen LogP contribution is -2.33. The van der Waals surface area contributed by atoms with Crippen molar-refractivity contribution in [3.05, 3.63) is 68.6 Å². The van der Waals surface area contributed by atoms with Crippen LogP contribution >= 0.6 is 22.9 Å². The lowest BCUT2D eigenvalue weighted by molar-refractivity contribution is -0.131. The summed E-state index contributed by atoms with van der Waals surface area (Å²) >= 11 is 7.70. The minimum Gasteiger partial charge on any atom is -0.334 e. The smallest absolute Gasteiger partial charge is 0.227 e. The van der Waals surface area contributed by atoms with E-state index in [0.29, 0.717) is 24.0 Å². The lowest BCUT2D eigenvalue weighted by atomic mass is 10.1. The summed E-state index contributed by atoms with van der Waals surface area (Å²) in [6.07, 6.45) is 2.62. The molecule has 4 rings (SSSR count). The molecule has 0 bridgehead atoms. The van der Waals surface area contributed by atoms with E-state index in [9.17, 15) is 4.79 Å². The first-order chi connectivity index (χ1) is 13.0. The molecule has 2 aromatic heterocycles. The first-order valence-electron chi connectivity index (χ1n) is 9.16. The molecule has 1 saturated carbocycles. The molecule has 0 saturated heterocycles. The molecule has 0 unspecified atom stereocenters. The van der Waals surface area contributed by atoms with Gasteiger partial charge in [-0.25, -0.2) is 4.68 Å². The van der Waals surface area contributed by atoms with Crippen LogP contribution < -0.4 is 0 Å². The van der Waals surface area contributed by atoms with Gasteiger partial charge in [-0.1, -0.05) is 17.7 Å². The van der Waals surface area contributed by atoms with Gasteiger partial charge in [-0.2, -0.15) is 5.10 Å². The zero-order valence-corrected chi connectivity index (χ0v) is 17.1. The van der Waals surface area contributed by atoms with E-state index >= 15 is 0 Å². The van der Waals surface area contributed by atoms with E-state index in [1.807, 2.05) is 53.8 Å². The Balaban J connectivity index is 1.56. The molecule has 0 radical (unpaired) electrons. The summed E-state index contributed by atoms with van der Waals surface area (Å²) in [6, 6.07) is 12.1. The van der Waals surface area contributed by atoms with Crippen molar-refractivity contribution >= 4 is 28.8 Å². The number of hydrogen-bond donors (Lipinski definition) is 0. The molecule has 0 N–H and O–H groups in total. The zero-order valence-electron chi connectivity index (χ0n) is 15.5. The van der Waals surface area contributed by atoms with Crippen LogP contribution in [0.5, 0.6) is 0 Å². The van der Waals surface area contributed by atoms with Gasteiger partial charge in [0.15, 0.2) is 0 Å². The van der Waals surface area contributed by atoms with E-state index in [1.165, 1.54) is 4.88 Å². The summed E-state index contributed by atoms with van der Waals surface area (Å²) in [6.45, 7) is 4.71. The summed E-state index contributed by atoms with van der Waals surface area (Å²) < 4.78 is 1.90. The number of benzene rings is 1. The van der Waals surface area contributed by atoms with Gasteiger partial charge in [0.05, 0.1) is 24.3 Å². The van der Waals surface area contributed by atoms with Gasteiger partial charge in [-0.05, 0) is 62.4 Å². The molecule has 6 heteroatoms. The quantitative estimate of drug-likeness (QED) is 0.589. The maximum atomic E-state index is 13.1. The minimum absolute atomic E-state index is 0.188. The summed E-state index contributed by atoms with van der Waals surface area (Å²) in [5, 5.41) is 7.43. The normalized spacial score (nSPS) is 13.7. The van der Waals surface area contributed by atoms with Gasteiger partial charge in [-0.3, -0.25) is 4.79 Å². The largest absolute Gasteiger partial charge is 0.334 e. The molecule has 1 fully saturated rings. The topological polar surface area (TPSA) is 38.1 Å². The highest BCUT2D eigenvalue weighted by Gasteiger charge is 2.33. The number of aryl methyl sites for hydroxylation is 1. The van der Waals surface area contributed by atoms with Crippen LogP contribution in [-0.4, -0.2) is 26.6 Å². The fourth-order valence-corrected chi connectivity index (χ4v) is 4.22. The van der Waals surface area contributed by atoms with Gasteiger partial charge in [0, 0.05) is 27.2 Å². The minimum atomic E-state index is 0.188. The Bertz CT molecular complexity index is 943. The Morgan fingerprint density at radius 1 is 1.26 bits per heavy atom. The van der Waals surface area contributed by atoms with Crippen molar-refractivity contribution in [2.24, 2.45) is 0 Å². The first kappa shape index (κ1) is 18.3. The van der Waals surface area contributed by atoms with Crippen LogP contribution in [0.2, 0.25) is 5.02 Å². The molecule has 1 amide bonds. The van der Waals surface area contributed by atoms with Crippen molar-refractivity contribution in [1.29, 1.82) is 0 Å². The molecule has 3 aromatic rings. The first-order valence-corrected chi connectivity index (χ1v) is 10.4. The lowest BCUT2D eigenvalue weighted by Gasteiger charge is -2.22. The van der Waals surface area contributed by atoms with Gasteiger partial charge >= 0.3 is 0 Å². The number of carbonyl (C=O) groups is 1. The van der Waals surface area contributed by atoms with Crippen molar-refractivity contribution in [3.8, 4) is 5.69 Å². The van der Waals surface area contributed by atoms with Crippen LogP contribution in [-0.2, 0) is 17.8 Å². The molecule has 2 heterocycles. The third-order valence-corrected chi connectivity index (χ3v) is 6.17. The van der Waals surface area contributed by atoms with E-state index in [4.69, 9.17) is 11.6 Å². The van der Waals surface area contributed by atoms with Gasteiger partial charge in [0.25, 0.3) is 0 Å². The summed E-state index contributed by atoms with van der Waals surface area (Å²) in [5.74, 6) is 0.188. The maximum Gasteiger partial charge on any atom is 0.227 e. The second-order valence-corrected chi connectivity index (χ2v) is 8.52. The Hall–Kier alpha value is -2.11. The SMILES string of the molecule is Cc1nn(-c2ccc(Cl)cc2)c(C)c1CC(=O)N(Cc1cccs1)C1CC1. The third kappa shape index (κ3) is 3.94. The Kier molecular flexibility index (Phi) is 5.06. The highest BCUT2D eigenvalue weighted by molar-refractivity contribution is 7.09. The van der Waals surface area contributed by atoms with Gasteiger partial charge < -0.3 is 4.90 Å². The summed E-state index contributed by atoms with van der Waals surface area (Å²) in [5.41, 5.74) is 3.89. The third-order valence-electron chi connectivity index (χ3n) is 5.05. The Morgan fingerprint density at radius 2 is 2.00 bits per heavy atom. The molecule has 140 valence electrons. The highest BCUT2D eigenvalue weighted by Crippen LogP contribution is 2.30. The Morgan fingerprint density at radius 3 is 2.63 bits per heavy atom. The van der Waals surface area contributed by atoms with Crippen molar-refractivity contribution in [3.63, 3.8) is 0 Å². The van der Waals surface area contributed by atoms with Crippen molar-refractivity contribution in [2.45, 2.75) is 45.7 Å². The Labute approximate surface area is 168 Å². The monoisotopic (exact) mass is 399 g/mol. The van der Waals surface area contributed by atoms with Crippen LogP contribution in [0.15, 0.2) is 41.8 Å². The molecule has 0 spiro atoms. The van der Waals surface area contributed by atoms with E-state index in [2.05, 4.69) is 16.5 Å². The molecular weight excluding hydrogens is 378 g/mol. The molecule has 0 atom stereocenters. The number of thiophene rings is 1. The fraction of sp³-hybridized carbons (Fsp3) is 0.333. The summed E-state index contributed by atoms with van der Waals surface area (Å²) in [7, 11) is 0. The zero-order chi connectivity index (χ0) is 19.0. The molecular formula is C21H22ClN3OS. The second-order valence-electron chi connectivity index (χ2n) is 7.05. The molecule has 1 aliphatic rings. The maximum absolute atomic E-state index is 13.1. The number of rotatable bonds is 6. The predicted molar refractivity (Wildman–Crippen MR) is 110 cm³/mol. The second kappa shape index (κ2) is 7.49. The number of nitrogens with zero attached hydrogens (tertiary/aromatic N) is 3. The number of aromatic nitrogens is 2. The molecule has 27 heavy (non-hydrogen) atoms. The number of halogens is 1. The highest BCUT2D eigenvalue weighted by atomic mass is 35.5. The van der Waals surface area contributed by atoms with Crippen molar-refractivity contribution in [2.75, 3.05) is 0 Å². The van der Waals surface area contributed by atoms with E-state index in [1.54, 1.807) is 11.3 Å². The van der Waals surface area contributed by atoms with Crippen LogP contribution in [0.25, 0.3) is 5.69 Å². The van der Waals surface area contributed by atoms with Crippen molar-refractivity contribution in [1.82, 2.24) is 14.7 Å². The van der Waals surface area contributed by atoms with E-state index < -0.39 is 0 Å². The number of amides is 1. The number of carbonyl (C=O) groups excluding carboxylic acids is 1. The summed E-state index contributed by atoms with van der Waals surface area (Å²) in [4.78, 5) is 16.4. The average Bonchev–Trinajstić information content (AvgIpc) is 3.29. The molecule has 4 nitrogen and oxygen atoms in total. The molecule has 1 aliphatic carbocycles.